The van der Waals surface area contributed by atoms with Gasteiger partial charge >= 0.3 is 0 Å². The second-order valence-electron chi connectivity index (χ2n) is 4.93. The smallest absolute Gasteiger partial charge is 0.225 e. The average Bonchev–Trinajstić information content (AvgIpc) is 2.86. The number of aliphatic hydroxyl groups is 1. The molecular weight excluding hydrogens is 240 g/mol. The van der Waals surface area contributed by atoms with Crippen LogP contribution in [0.2, 0.25) is 5.02 Å². The standard InChI is InChI=1S/C11H15ClN4O/c12-9-2-14-10(15-3-9)16-4-8-1-13-5-11(8,6-16)7-17/h2-3,8,13,17H,1,4-7H2. The van der Waals surface area contributed by atoms with Gasteiger partial charge in [0.25, 0.3) is 0 Å². The maximum absolute atomic E-state index is 9.61. The molecular formula is C11H15ClN4O. The quantitative estimate of drug-likeness (QED) is 0.787. The van der Waals surface area contributed by atoms with E-state index in [2.05, 4.69) is 20.2 Å². The highest BCUT2D eigenvalue weighted by atomic mass is 35.5. The Bertz CT molecular complexity index is 412. The number of nitrogens with one attached hydrogen (secondary N) is 1. The molecule has 5 nitrogen and oxygen atoms in total. The van der Waals surface area contributed by atoms with E-state index in [1.165, 1.54) is 0 Å². The van der Waals surface area contributed by atoms with Crippen molar-refractivity contribution < 1.29 is 5.11 Å². The van der Waals surface area contributed by atoms with E-state index in [0.717, 1.165) is 26.2 Å². The molecule has 0 bridgehead atoms. The first kappa shape index (κ1) is 11.2. The minimum absolute atomic E-state index is 0.0248. The van der Waals surface area contributed by atoms with E-state index in [1.54, 1.807) is 12.4 Å². The highest BCUT2D eigenvalue weighted by molar-refractivity contribution is 6.30. The minimum Gasteiger partial charge on any atom is -0.396 e. The highest BCUT2D eigenvalue weighted by Crippen LogP contribution is 2.39. The minimum atomic E-state index is -0.0248. The van der Waals surface area contributed by atoms with Gasteiger partial charge in [0.15, 0.2) is 0 Å². The third-order valence-corrected chi connectivity index (χ3v) is 4.08. The van der Waals surface area contributed by atoms with Crippen molar-refractivity contribution in [1.29, 1.82) is 0 Å². The Morgan fingerprint density at radius 2 is 2.29 bits per heavy atom. The molecule has 2 fully saturated rings. The monoisotopic (exact) mass is 254 g/mol. The van der Waals surface area contributed by atoms with Crippen molar-refractivity contribution >= 4 is 17.5 Å². The van der Waals surface area contributed by atoms with Crippen LogP contribution in [-0.4, -0.2) is 47.9 Å². The molecule has 1 aromatic heterocycles. The molecule has 2 aliphatic heterocycles. The van der Waals surface area contributed by atoms with E-state index in [4.69, 9.17) is 11.6 Å². The zero-order valence-corrected chi connectivity index (χ0v) is 10.2. The summed E-state index contributed by atoms with van der Waals surface area (Å²) >= 11 is 5.78. The van der Waals surface area contributed by atoms with Crippen LogP contribution >= 0.6 is 11.6 Å². The molecule has 3 rings (SSSR count). The predicted molar refractivity (Wildman–Crippen MR) is 65.1 cm³/mol. The second-order valence-corrected chi connectivity index (χ2v) is 5.37. The van der Waals surface area contributed by atoms with Crippen molar-refractivity contribution in [3.05, 3.63) is 17.4 Å². The van der Waals surface area contributed by atoms with Crippen LogP contribution in [-0.2, 0) is 0 Å². The molecule has 0 aliphatic carbocycles. The largest absolute Gasteiger partial charge is 0.396 e. The SMILES string of the molecule is OCC12CNCC1CN(c1ncc(Cl)cn1)C2. The number of hydrogen-bond acceptors (Lipinski definition) is 5. The summed E-state index contributed by atoms with van der Waals surface area (Å²) in [6.45, 7) is 3.76. The van der Waals surface area contributed by atoms with E-state index in [-0.39, 0.29) is 12.0 Å². The van der Waals surface area contributed by atoms with E-state index in [1.807, 2.05) is 0 Å². The van der Waals surface area contributed by atoms with Crippen molar-refractivity contribution in [2.75, 3.05) is 37.7 Å². The van der Waals surface area contributed by atoms with Gasteiger partial charge in [-0.05, 0) is 5.92 Å². The molecule has 3 heterocycles. The second kappa shape index (κ2) is 4.08. The van der Waals surface area contributed by atoms with Crippen LogP contribution < -0.4 is 10.2 Å². The summed E-state index contributed by atoms with van der Waals surface area (Å²) in [6.07, 6.45) is 3.23. The zero-order chi connectivity index (χ0) is 11.9. The molecule has 2 unspecified atom stereocenters. The zero-order valence-electron chi connectivity index (χ0n) is 9.43. The van der Waals surface area contributed by atoms with Crippen molar-refractivity contribution in [2.24, 2.45) is 11.3 Å². The maximum atomic E-state index is 9.61. The fraction of sp³-hybridized carbons (Fsp3) is 0.636. The molecule has 2 atom stereocenters. The molecule has 1 aromatic rings. The van der Waals surface area contributed by atoms with Gasteiger partial charge in [-0.1, -0.05) is 11.6 Å². The first-order chi connectivity index (χ1) is 8.23. The number of aromatic nitrogens is 2. The van der Waals surface area contributed by atoms with E-state index < -0.39 is 0 Å². The van der Waals surface area contributed by atoms with Crippen molar-refractivity contribution in [3.63, 3.8) is 0 Å². The number of halogens is 1. The van der Waals surface area contributed by atoms with Crippen molar-refractivity contribution in [1.82, 2.24) is 15.3 Å². The van der Waals surface area contributed by atoms with Gasteiger partial charge in [-0.2, -0.15) is 0 Å². The summed E-state index contributed by atoms with van der Waals surface area (Å²) < 4.78 is 0. The average molecular weight is 255 g/mol. The summed E-state index contributed by atoms with van der Waals surface area (Å²) in [5, 5.41) is 13.5. The molecule has 2 N–H and O–H groups in total. The lowest BCUT2D eigenvalue weighted by molar-refractivity contribution is 0.135. The van der Waals surface area contributed by atoms with Crippen molar-refractivity contribution in [3.8, 4) is 0 Å². The third kappa shape index (κ3) is 1.78. The van der Waals surface area contributed by atoms with Gasteiger partial charge in [0.05, 0.1) is 24.0 Å². The molecule has 0 amide bonds. The number of nitrogens with zero attached hydrogens (tertiary/aromatic N) is 3. The van der Waals surface area contributed by atoms with E-state index >= 15 is 0 Å². The molecule has 6 heteroatoms. The van der Waals surface area contributed by atoms with Gasteiger partial charge in [0.1, 0.15) is 0 Å². The normalized spacial score (nSPS) is 31.9. The number of rotatable bonds is 2. The summed E-state index contributed by atoms with van der Waals surface area (Å²) in [4.78, 5) is 10.6. The lowest BCUT2D eigenvalue weighted by Crippen LogP contribution is -2.36. The maximum Gasteiger partial charge on any atom is 0.225 e. The highest BCUT2D eigenvalue weighted by Gasteiger charge is 2.49. The van der Waals surface area contributed by atoms with E-state index in [0.29, 0.717) is 16.9 Å². The summed E-state index contributed by atoms with van der Waals surface area (Å²) in [5.41, 5.74) is -0.0248. The molecule has 2 saturated heterocycles. The number of hydrogen-bond donors (Lipinski definition) is 2. The summed E-state index contributed by atoms with van der Waals surface area (Å²) in [5.74, 6) is 1.18. The molecule has 17 heavy (non-hydrogen) atoms. The molecule has 0 aromatic carbocycles. The molecule has 0 saturated carbocycles. The Morgan fingerprint density at radius 3 is 2.94 bits per heavy atom. The van der Waals surface area contributed by atoms with Crippen LogP contribution in [0.1, 0.15) is 0 Å². The first-order valence-electron chi connectivity index (χ1n) is 5.78. The topological polar surface area (TPSA) is 61.3 Å². The van der Waals surface area contributed by atoms with Crippen LogP contribution in [0.15, 0.2) is 12.4 Å². The number of aliphatic hydroxyl groups excluding tert-OH is 1. The number of fused-ring (bicyclic) bond motifs is 1. The van der Waals surface area contributed by atoms with Gasteiger partial charge in [-0.25, -0.2) is 9.97 Å². The van der Waals surface area contributed by atoms with Crippen LogP contribution in [0, 0.1) is 11.3 Å². The lowest BCUT2D eigenvalue weighted by Gasteiger charge is -2.24. The Morgan fingerprint density at radius 1 is 1.53 bits per heavy atom. The van der Waals surface area contributed by atoms with Gasteiger partial charge in [-0.15, -0.1) is 0 Å². The molecule has 2 aliphatic rings. The van der Waals surface area contributed by atoms with Gasteiger partial charge in [0, 0.05) is 31.6 Å². The van der Waals surface area contributed by atoms with Gasteiger partial charge in [0.2, 0.25) is 5.95 Å². The van der Waals surface area contributed by atoms with E-state index in [9.17, 15) is 5.11 Å². The Labute approximate surface area is 105 Å². The molecule has 0 radical (unpaired) electrons. The van der Waals surface area contributed by atoms with Crippen molar-refractivity contribution in [2.45, 2.75) is 0 Å². The fourth-order valence-electron chi connectivity index (χ4n) is 2.87. The third-order valence-electron chi connectivity index (χ3n) is 3.88. The number of anilines is 1. The molecule has 92 valence electrons. The van der Waals surface area contributed by atoms with Gasteiger partial charge in [-0.3, -0.25) is 0 Å². The fourth-order valence-corrected chi connectivity index (χ4v) is 2.96. The summed E-state index contributed by atoms with van der Waals surface area (Å²) in [7, 11) is 0. The van der Waals surface area contributed by atoms with Crippen LogP contribution in [0.5, 0.6) is 0 Å². The Hall–Kier alpha value is -0.910. The Kier molecular flexibility index (Phi) is 2.69. The predicted octanol–water partition coefficient (Wildman–Crippen LogP) is 0.148. The lowest BCUT2D eigenvalue weighted by atomic mass is 9.82. The summed E-state index contributed by atoms with van der Waals surface area (Å²) in [6, 6.07) is 0. The van der Waals surface area contributed by atoms with Crippen LogP contribution in [0.25, 0.3) is 0 Å². The van der Waals surface area contributed by atoms with Crippen LogP contribution in [0.3, 0.4) is 0 Å². The Balaban J connectivity index is 1.82. The molecule has 0 spiro atoms. The first-order valence-corrected chi connectivity index (χ1v) is 6.15. The van der Waals surface area contributed by atoms with Gasteiger partial charge < -0.3 is 15.3 Å². The van der Waals surface area contributed by atoms with Crippen LogP contribution in [0.4, 0.5) is 5.95 Å².